The van der Waals surface area contributed by atoms with Gasteiger partial charge in [-0.05, 0) is 79.4 Å². The second-order valence-corrected chi connectivity index (χ2v) is 9.41. The molecule has 4 saturated carbocycles. The summed E-state index contributed by atoms with van der Waals surface area (Å²) in [6, 6.07) is 2.88. The van der Waals surface area contributed by atoms with Crippen molar-refractivity contribution >= 4 is 5.91 Å². The summed E-state index contributed by atoms with van der Waals surface area (Å²) >= 11 is 0. The lowest BCUT2D eigenvalue weighted by Gasteiger charge is -2.59. The van der Waals surface area contributed by atoms with Gasteiger partial charge in [0, 0.05) is 30.8 Å². The second-order valence-electron chi connectivity index (χ2n) is 9.41. The van der Waals surface area contributed by atoms with E-state index >= 15 is 0 Å². The van der Waals surface area contributed by atoms with Crippen LogP contribution in [0.25, 0.3) is 0 Å². The van der Waals surface area contributed by atoms with Crippen molar-refractivity contribution in [2.75, 3.05) is 13.1 Å². The quantitative estimate of drug-likeness (QED) is 0.627. The molecule has 4 bridgehead atoms. The smallest absolute Gasteiger partial charge is 0.274 e. The average molecular weight is 376 g/mol. The van der Waals surface area contributed by atoms with Crippen LogP contribution in [0.15, 0.2) is 12.1 Å². The van der Waals surface area contributed by atoms with Gasteiger partial charge in [0.15, 0.2) is 0 Å². The number of benzene rings is 1. The first-order chi connectivity index (χ1) is 13.0. The summed E-state index contributed by atoms with van der Waals surface area (Å²) in [6.45, 7) is 2.31. The standard InChI is InChI=1S/C21H26F2N2O2/c22-18-6-14(20(26)24-27)5-13-1-2-25(10-17(13)18)11-21-7-12-3-15(8-21)19(23)16(4-12)9-21/h5-6,12,15-16,19,27H,1-4,7-11H2,(H,24,26). The minimum absolute atomic E-state index is 0.150. The maximum atomic E-state index is 14.6. The fourth-order valence-corrected chi connectivity index (χ4v) is 6.80. The van der Waals surface area contributed by atoms with Crippen molar-refractivity contribution < 1.29 is 18.8 Å². The van der Waals surface area contributed by atoms with E-state index in [2.05, 4.69) is 4.90 Å². The van der Waals surface area contributed by atoms with Gasteiger partial charge < -0.3 is 0 Å². The number of alkyl halides is 1. The van der Waals surface area contributed by atoms with E-state index < -0.39 is 12.1 Å². The molecule has 2 N–H and O–H groups in total. The lowest BCUT2D eigenvalue weighted by Crippen LogP contribution is -2.56. The number of hydrogen-bond donors (Lipinski definition) is 2. The molecule has 4 nitrogen and oxygen atoms in total. The van der Waals surface area contributed by atoms with E-state index in [0.717, 1.165) is 44.3 Å². The van der Waals surface area contributed by atoms with Gasteiger partial charge in [-0.1, -0.05) is 0 Å². The maximum Gasteiger partial charge on any atom is 0.274 e. The van der Waals surface area contributed by atoms with E-state index in [-0.39, 0.29) is 28.6 Å². The summed E-state index contributed by atoms with van der Waals surface area (Å²) in [7, 11) is 0. The number of fused-ring (bicyclic) bond motifs is 1. The van der Waals surface area contributed by atoms with Crippen LogP contribution < -0.4 is 5.48 Å². The zero-order valence-corrected chi connectivity index (χ0v) is 15.4. The molecule has 0 radical (unpaired) electrons. The summed E-state index contributed by atoms with van der Waals surface area (Å²) < 4.78 is 29.1. The molecule has 4 fully saturated rings. The zero-order chi connectivity index (χ0) is 18.8. The Morgan fingerprint density at radius 2 is 2.00 bits per heavy atom. The Labute approximate surface area is 157 Å². The Balaban J connectivity index is 1.34. The van der Waals surface area contributed by atoms with Crippen molar-refractivity contribution in [1.29, 1.82) is 0 Å². The highest BCUT2D eigenvalue weighted by atomic mass is 19.1. The fourth-order valence-electron chi connectivity index (χ4n) is 6.80. The van der Waals surface area contributed by atoms with Crippen LogP contribution in [0.3, 0.4) is 0 Å². The van der Waals surface area contributed by atoms with Gasteiger partial charge in [0.05, 0.1) is 0 Å². The molecule has 1 aliphatic heterocycles. The van der Waals surface area contributed by atoms with Crippen LogP contribution >= 0.6 is 0 Å². The van der Waals surface area contributed by atoms with Crippen molar-refractivity contribution in [2.24, 2.45) is 23.2 Å². The first-order valence-electron chi connectivity index (χ1n) is 10.1. The van der Waals surface area contributed by atoms with Gasteiger partial charge in [-0.25, -0.2) is 14.3 Å². The van der Waals surface area contributed by atoms with Crippen LogP contribution in [0, 0.1) is 29.0 Å². The Hall–Kier alpha value is -1.53. The highest BCUT2D eigenvalue weighted by Crippen LogP contribution is 2.61. The van der Waals surface area contributed by atoms with Crippen LogP contribution in [-0.4, -0.2) is 35.3 Å². The van der Waals surface area contributed by atoms with Crippen LogP contribution in [-0.2, 0) is 13.0 Å². The van der Waals surface area contributed by atoms with Crippen LogP contribution in [0.1, 0.15) is 53.6 Å². The number of carbonyl (C=O) groups excluding carboxylic acids is 1. The second kappa shape index (κ2) is 6.24. The first kappa shape index (κ1) is 17.6. The predicted octanol–water partition coefficient (Wildman–Crippen LogP) is 3.47. The molecule has 1 aromatic rings. The van der Waals surface area contributed by atoms with Gasteiger partial charge in [-0.2, -0.15) is 0 Å². The number of rotatable bonds is 3. The van der Waals surface area contributed by atoms with Crippen LogP contribution in [0.2, 0.25) is 0 Å². The number of nitrogens with one attached hydrogen (secondary N) is 1. The molecule has 2 unspecified atom stereocenters. The Kier molecular flexibility index (Phi) is 4.06. The van der Waals surface area contributed by atoms with Crippen LogP contribution in [0.4, 0.5) is 8.78 Å². The molecule has 27 heavy (non-hydrogen) atoms. The minimum Gasteiger partial charge on any atom is -0.298 e. The molecule has 4 aliphatic carbocycles. The maximum absolute atomic E-state index is 14.6. The van der Waals surface area contributed by atoms with E-state index in [1.165, 1.54) is 12.5 Å². The molecule has 0 saturated heterocycles. The lowest BCUT2D eigenvalue weighted by molar-refractivity contribution is -0.116. The zero-order valence-electron chi connectivity index (χ0n) is 15.4. The van der Waals surface area contributed by atoms with Crippen molar-refractivity contribution in [3.63, 3.8) is 0 Å². The number of halogens is 2. The molecule has 1 amide bonds. The van der Waals surface area contributed by atoms with Crippen molar-refractivity contribution in [1.82, 2.24) is 10.4 Å². The molecule has 6 rings (SSSR count). The van der Waals surface area contributed by atoms with Crippen molar-refractivity contribution in [3.05, 3.63) is 34.6 Å². The third-order valence-corrected chi connectivity index (χ3v) is 7.57. The van der Waals surface area contributed by atoms with Gasteiger partial charge in [-0.3, -0.25) is 14.9 Å². The number of hydrogen-bond acceptors (Lipinski definition) is 3. The molecule has 5 aliphatic rings. The molecule has 146 valence electrons. The highest BCUT2D eigenvalue weighted by Gasteiger charge is 2.56. The molecule has 2 atom stereocenters. The molecular weight excluding hydrogens is 350 g/mol. The molecule has 6 heteroatoms. The third-order valence-electron chi connectivity index (χ3n) is 7.57. The van der Waals surface area contributed by atoms with Gasteiger partial charge in [0.2, 0.25) is 0 Å². The Morgan fingerprint density at radius 1 is 1.26 bits per heavy atom. The number of nitrogens with zero attached hydrogens (tertiary/aromatic N) is 1. The molecule has 0 spiro atoms. The van der Waals surface area contributed by atoms with Crippen molar-refractivity contribution in [3.8, 4) is 0 Å². The summed E-state index contributed by atoms with van der Waals surface area (Å²) in [4.78, 5) is 13.9. The minimum atomic E-state index is -0.687. The Morgan fingerprint density at radius 3 is 2.70 bits per heavy atom. The number of hydroxylamine groups is 1. The topological polar surface area (TPSA) is 52.6 Å². The van der Waals surface area contributed by atoms with E-state index in [1.54, 1.807) is 11.5 Å². The predicted molar refractivity (Wildman–Crippen MR) is 95.5 cm³/mol. The third kappa shape index (κ3) is 2.88. The normalized spacial score (nSPS) is 37.3. The van der Waals surface area contributed by atoms with Crippen LogP contribution in [0.5, 0.6) is 0 Å². The van der Waals surface area contributed by atoms with Gasteiger partial charge in [-0.15, -0.1) is 0 Å². The number of amides is 1. The van der Waals surface area contributed by atoms with Gasteiger partial charge in [0.25, 0.3) is 5.91 Å². The largest absolute Gasteiger partial charge is 0.298 e. The Bertz CT molecular complexity index is 768. The highest BCUT2D eigenvalue weighted by molar-refractivity contribution is 5.93. The number of carbonyl (C=O) groups is 1. The fraction of sp³-hybridized carbons (Fsp3) is 0.667. The van der Waals surface area contributed by atoms with Gasteiger partial charge in [0.1, 0.15) is 12.0 Å². The SMILES string of the molecule is O=C(NO)c1cc(F)c2c(c1)CCN(CC13CC4CC(C1)C(F)C(C4)C3)C2. The molecule has 0 aromatic heterocycles. The molecule has 1 aromatic carbocycles. The lowest BCUT2D eigenvalue weighted by atomic mass is 9.49. The van der Waals surface area contributed by atoms with E-state index in [1.807, 2.05) is 0 Å². The summed E-state index contributed by atoms with van der Waals surface area (Å²) in [5.41, 5.74) is 3.43. The summed E-state index contributed by atoms with van der Waals surface area (Å²) in [5.74, 6) is 0.0932. The van der Waals surface area contributed by atoms with E-state index in [4.69, 9.17) is 5.21 Å². The average Bonchev–Trinajstić information content (AvgIpc) is 2.64. The monoisotopic (exact) mass is 376 g/mol. The molecule has 1 heterocycles. The van der Waals surface area contributed by atoms with Crippen molar-refractivity contribution in [2.45, 2.75) is 51.2 Å². The van der Waals surface area contributed by atoms with E-state index in [0.29, 0.717) is 24.4 Å². The summed E-state index contributed by atoms with van der Waals surface area (Å²) in [6.07, 6.45) is 5.39. The van der Waals surface area contributed by atoms with E-state index in [9.17, 15) is 13.6 Å². The van der Waals surface area contributed by atoms with Gasteiger partial charge >= 0.3 is 0 Å². The first-order valence-corrected chi connectivity index (χ1v) is 10.1. The summed E-state index contributed by atoms with van der Waals surface area (Å²) in [5, 5.41) is 8.78. The molecular formula is C21H26F2N2O2.